The topological polar surface area (TPSA) is 101 Å². The number of carboxylic acids is 2. The summed E-state index contributed by atoms with van der Waals surface area (Å²) < 4.78 is 38.3. The summed E-state index contributed by atoms with van der Waals surface area (Å²) in [4.78, 5) is 36.1. The van der Waals surface area contributed by atoms with Gasteiger partial charge in [-0.2, -0.15) is 13.2 Å². The molecule has 2 rings (SSSR count). The Bertz CT molecular complexity index is 775. The molecule has 1 aliphatic heterocycles. The number of alkyl halides is 3. The zero-order chi connectivity index (χ0) is 23.6. The summed E-state index contributed by atoms with van der Waals surface area (Å²) in [5.41, 5.74) is 0.000779. The summed E-state index contributed by atoms with van der Waals surface area (Å²) in [6.07, 6.45) is -3.19. The summed E-state index contributed by atoms with van der Waals surface area (Å²) in [5, 5.41) is 15.6. The lowest BCUT2D eigenvalue weighted by molar-refractivity contribution is -0.137. The molecule has 1 heterocycles. The first-order valence-electron chi connectivity index (χ1n) is 9.40. The van der Waals surface area contributed by atoms with Gasteiger partial charge in [0, 0.05) is 71.1 Å². The molecule has 2 N–H and O–H groups in total. The van der Waals surface area contributed by atoms with E-state index in [1.54, 1.807) is 18.0 Å². The van der Waals surface area contributed by atoms with Crippen molar-refractivity contribution in [1.82, 2.24) is 9.80 Å². The van der Waals surface area contributed by atoms with E-state index in [9.17, 15) is 27.6 Å². The summed E-state index contributed by atoms with van der Waals surface area (Å²) >= 11 is 0. The maximum atomic E-state index is 12.8. The van der Waals surface area contributed by atoms with Gasteiger partial charge in [-0.25, -0.2) is 9.59 Å². The molecule has 1 aliphatic rings. The number of amides is 1. The van der Waals surface area contributed by atoms with Crippen LogP contribution < -0.4 is 4.90 Å². The fraction of sp³-hybridized carbons (Fsp3) is 0.450. The zero-order valence-corrected chi connectivity index (χ0v) is 17.3. The van der Waals surface area contributed by atoms with E-state index < -0.39 is 23.7 Å². The van der Waals surface area contributed by atoms with E-state index in [0.29, 0.717) is 37.5 Å². The molecule has 31 heavy (non-hydrogen) atoms. The van der Waals surface area contributed by atoms with Gasteiger partial charge in [0.05, 0.1) is 5.56 Å². The van der Waals surface area contributed by atoms with E-state index >= 15 is 0 Å². The van der Waals surface area contributed by atoms with Gasteiger partial charge in [-0.1, -0.05) is 6.07 Å². The lowest BCUT2D eigenvalue weighted by Crippen LogP contribution is -2.48. The number of nitrogens with zero attached hydrogens (tertiary/aromatic N) is 3. The Morgan fingerprint density at radius 3 is 2.06 bits per heavy atom. The maximum absolute atomic E-state index is 12.8. The van der Waals surface area contributed by atoms with Gasteiger partial charge in [-0.05, 0) is 18.2 Å². The van der Waals surface area contributed by atoms with Gasteiger partial charge in [0.25, 0.3) is 0 Å². The van der Waals surface area contributed by atoms with Crippen molar-refractivity contribution in [3.8, 4) is 0 Å². The van der Waals surface area contributed by atoms with Gasteiger partial charge in [0.1, 0.15) is 0 Å². The van der Waals surface area contributed by atoms with E-state index in [0.717, 1.165) is 25.7 Å². The van der Waals surface area contributed by atoms with Gasteiger partial charge in [0.15, 0.2) is 0 Å². The summed E-state index contributed by atoms with van der Waals surface area (Å²) in [6, 6.07) is 5.47. The highest BCUT2D eigenvalue weighted by atomic mass is 19.4. The molecule has 11 heteroatoms. The Morgan fingerprint density at radius 2 is 1.61 bits per heavy atom. The molecule has 0 aromatic heterocycles. The molecule has 172 valence electrons. The van der Waals surface area contributed by atoms with E-state index in [1.165, 1.54) is 19.1 Å². The third-order valence-corrected chi connectivity index (χ3v) is 4.57. The van der Waals surface area contributed by atoms with Crippen molar-refractivity contribution >= 4 is 23.5 Å². The molecule has 0 bridgehead atoms. The first-order chi connectivity index (χ1) is 14.4. The quantitative estimate of drug-likeness (QED) is 0.646. The largest absolute Gasteiger partial charge is 0.478 e. The van der Waals surface area contributed by atoms with E-state index in [2.05, 4.69) is 4.90 Å². The number of carbonyl (C=O) groups excluding carboxylic acids is 1. The molecule has 0 unspecified atom stereocenters. The first-order valence-corrected chi connectivity index (χ1v) is 9.40. The van der Waals surface area contributed by atoms with Crippen LogP contribution in [0.1, 0.15) is 12.5 Å². The van der Waals surface area contributed by atoms with Gasteiger partial charge in [-0.3, -0.25) is 9.69 Å². The molecule has 1 amide bonds. The van der Waals surface area contributed by atoms with Crippen LogP contribution in [0.15, 0.2) is 36.4 Å². The van der Waals surface area contributed by atoms with Gasteiger partial charge in [-0.15, -0.1) is 0 Å². The van der Waals surface area contributed by atoms with Crippen molar-refractivity contribution in [3.05, 3.63) is 42.0 Å². The van der Waals surface area contributed by atoms with Crippen molar-refractivity contribution < 1.29 is 37.8 Å². The van der Waals surface area contributed by atoms with Gasteiger partial charge < -0.3 is 20.0 Å². The predicted molar refractivity (Wildman–Crippen MR) is 108 cm³/mol. The molecular weight excluding hydrogens is 419 g/mol. The highest BCUT2D eigenvalue weighted by Crippen LogP contribution is 2.31. The second-order valence-electron chi connectivity index (χ2n) is 6.83. The number of piperazine rings is 1. The van der Waals surface area contributed by atoms with Crippen molar-refractivity contribution in [1.29, 1.82) is 0 Å². The lowest BCUT2D eigenvalue weighted by atomic mass is 10.1. The summed E-state index contributed by atoms with van der Waals surface area (Å²) in [5.74, 6) is -2.48. The Kier molecular flexibility index (Phi) is 10.00. The minimum absolute atomic E-state index is 0.0348. The molecule has 0 aliphatic carbocycles. The van der Waals surface area contributed by atoms with Crippen LogP contribution in [0.4, 0.5) is 18.9 Å². The van der Waals surface area contributed by atoms with Crippen LogP contribution in [-0.2, 0) is 20.6 Å². The Labute approximate surface area is 178 Å². The number of carbonyl (C=O) groups is 3. The molecule has 1 aromatic rings. The van der Waals surface area contributed by atoms with Crippen LogP contribution in [-0.4, -0.2) is 84.2 Å². The highest BCUT2D eigenvalue weighted by Gasteiger charge is 2.31. The molecule has 0 spiro atoms. The number of aliphatic carboxylic acids is 2. The third kappa shape index (κ3) is 9.98. The maximum Gasteiger partial charge on any atom is 0.416 e. The fourth-order valence-corrected chi connectivity index (χ4v) is 2.70. The SMILES string of the molecule is CC(=O)N(C)CCN1CCN(c2cccc(C(F)(F)F)c2)CC1.O=C(O)C=CC(=O)O. The van der Waals surface area contributed by atoms with E-state index in [-0.39, 0.29) is 5.91 Å². The molecule has 0 saturated carbocycles. The number of hydrogen-bond donors (Lipinski definition) is 2. The molecule has 0 radical (unpaired) electrons. The molecule has 0 atom stereocenters. The highest BCUT2D eigenvalue weighted by molar-refractivity contribution is 5.89. The van der Waals surface area contributed by atoms with Gasteiger partial charge in [0.2, 0.25) is 5.91 Å². The van der Waals surface area contributed by atoms with E-state index in [4.69, 9.17) is 10.2 Å². The average Bonchev–Trinajstić information content (AvgIpc) is 2.70. The van der Waals surface area contributed by atoms with Crippen LogP contribution >= 0.6 is 0 Å². The minimum atomic E-state index is -4.31. The molecule has 8 nitrogen and oxygen atoms in total. The van der Waals surface area contributed by atoms with Crippen molar-refractivity contribution in [3.63, 3.8) is 0 Å². The smallest absolute Gasteiger partial charge is 0.416 e. The van der Waals surface area contributed by atoms with Crippen LogP contribution in [0.5, 0.6) is 0 Å². The number of anilines is 1. The second-order valence-corrected chi connectivity index (χ2v) is 6.83. The Hall–Kier alpha value is -3.08. The number of carboxylic acid groups (broad SMARTS) is 2. The first kappa shape index (κ1) is 26.0. The van der Waals surface area contributed by atoms with Crippen LogP contribution in [0.3, 0.4) is 0 Å². The normalized spacial score (nSPS) is 14.7. The third-order valence-electron chi connectivity index (χ3n) is 4.57. The average molecular weight is 445 g/mol. The number of hydrogen-bond acceptors (Lipinski definition) is 5. The van der Waals surface area contributed by atoms with E-state index in [1.807, 2.05) is 4.90 Å². The number of rotatable bonds is 6. The standard InChI is InChI=1S/C16H22F3N3O.C4H4O4/c1-13(23)20(2)6-7-21-8-10-22(11-9-21)15-5-3-4-14(12-15)16(17,18)19;5-3(6)1-2-4(7)8/h3-5,12H,6-11H2,1-2H3;1-2H,(H,5,6)(H,7,8). The van der Waals surface area contributed by atoms with Crippen molar-refractivity contribution in [2.45, 2.75) is 13.1 Å². The molecule has 1 fully saturated rings. The lowest BCUT2D eigenvalue weighted by Gasteiger charge is -2.36. The number of halogens is 3. The Balaban J connectivity index is 0.000000512. The van der Waals surface area contributed by atoms with Crippen LogP contribution in [0, 0.1) is 0 Å². The summed E-state index contributed by atoms with van der Waals surface area (Å²) in [6.45, 7) is 5.91. The van der Waals surface area contributed by atoms with Crippen LogP contribution in [0.25, 0.3) is 0 Å². The van der Waals surface area contributed by atoms with Gasteiger partial charge >= 0.3 is 18.1 Å². The predicted octanol–water partition coefficient (Wildman–Crippen LogP) is 2.02. The fourth-order valence-electron chi connectivity index (χ4n) is 2.70. The molecule has 1 saturated heterocycles. The monoisotopic (exact) mass is 445 g/mol. The Morgan fingerprint density at radius 1 is 1.06 bits per heavy atom. The number of likely N-dealkylation sites (N-methyl/N-ethyl adjacent to an activating group) is 1. The molecule has 1 aromatic carbocycles. The minimum Gasteiger partial charge on any atom is -0.478 e. The zero-order valence-electron chi connectivity index (χ0n) is 17.3. The van der Waals surface area contributed by atoms with Crippen LogP contribution in [0.2, 0.25) is 0 Å². The second kappa shape index (κ2) is 11.9. The summed E-state index contributed by atoms with van der Waals surface area (Å²) in [7, 11) is 1.77. The number of benzene rings is 1. The van der Waals surface area contributed by atoms with Crippen molar-refractivity contribution in [2.24, 2.45) is 0 Å². The molecular formula is C20H26F3N3O5. The van der Waals surface area contributed by atoms with Crippen molar-refractivity contribution in [2.75, 3.05) is 51.2 Å².